The molecule has 6 nitrogen and oxygen atoms in total. The van der Waals surface area contributed by atoms with E-state index >= 15 is 0 Å². The predicted octanol–water partition coefficient (Wildman–Crippen LogP) is 0.729. The summed E-state index contributed by atoms with van der Waals surface area (Å²) in [5.74, 6) is 0.921. The van der Waals surface area contributed by atoms with Gasteiger partial charge in [0.1, 0.15) is 0 Å². The Morgan fingerprint density at radius 2 is 2.15 bits per heavy atom. The van der Waals surface area contributed by atoms with Gasteiger partial charge in [-0.3, -0.25) is 9.79 Å². The van der Waals surface area contributed by atoms with Crippen LogP contribution in [0.5, 0.6) is 0 Å². The van der Waals surface area contributed by atoms with E-state index in [1.54, 1.807) is 0 Å². The summed E-state index contributed by atoms with van der Waals surface area (Å²) in [7, 11) is 1.44. The van der Waals surface area contributed by atoms with Gasteiger partial charge in [-0.15, -0.1) is 0 Å². The molecule has 0 bridgehead atoms. The summed E-state index contributed by atoms with van der Waals surface area (Å²) in [6.45, 7) is 10.3. The fourth-order valence-electron chi connectivity index (χ4n) is 2.38. The van der Waals surface area contributed by atoms with Gasteiger partial charge in [-0.05, 0) is 19.8 Å². The highest BCUT2D eigenvalue weighted by Crippen LogP contribution is 2.24. The van der Waals surface area contributed by atoms with Crippen LogP contribution in [-0.2, 0) is 14.3 Å². The summed E-state index contributed by atoms with van der Waals surface area (Å²) >= 11 is 0. The number of aliphatic imine (C=N–C) groups is 1. The van der Waals surface area contributed by atoms with E-state index in [0.29, 0.717) is 26.3 Å². The van der Waals surface area contributed by atoms with Crippen LogP contribution < -0.4 is 5.32 Å². The molecule has 1 saturated heterocycles. The minimum Gasteiger partial charge on any atom is -0.469 e. The maximum atomic E-state index is 11.7. The number of ether oxygens (including phenoxy) is 2. The molecule has 20 heavy (non-hydrogen) atoms. The summed E-state index contributed by atoms with van der Waals surface area (Å²) in [5.41, 5.74) is 0. The van der Waals surface area contributed by atoms with Crippen molar-refractivity contribution in [2.75, 3.05) is 46.5 Å². The summed E-state index contributed by atoms with van der Waals surface area (Å²) in [6.07, 6.45) is 0. The van der Waals surface area contributed by atoms with Gasteiger partial charge in [-0.25, -0.2) is 0 Å². The van der Waals surface area contributed by atoms with E-state index in [2.05, 4.69) is 22.1 Å². The average Bonchev–Trinajstić information content (AvgIpc) is 2.83. The van der Waals surface area contributed by atoms with Crippen LogP contribution in [-0.4, -0.2) is 63.3 Å². The van der Waals surface area contributed by atoms with Crippen molar-refractivity contribution in [3.8, 4) is 0 Å². The van der Waals surface area contributed by atoms with Crippen molar-refractivity contribution in [2.45, 2.75) is 20.8 Å². The Labute approximate surface area is 121 Å². The molecule has 0 aromatic carbocycles. The molecule has 6 heteroatoms. The number of likely N-dealkylation sites (tertiary alicyclic amines) is 1. The molecular weight excluding hydrogens is 258 g/mol. The number of rotatable bonds is 6. The van der Waals surface area contributed by atoms with Crippen LogP contribution in [0.2, 0.25) is 0 Å². The highest BCUT2D eigenvalue weighted by atomic mass is 16.5. The number of carbonyl (C=O) groups excluding carboxylic acids is 1. The second-order valence-electron chi connectivity index (χ2n) is 4.94. The molecule has 1 aliphatic rings. The maximum absolute atomic E-state index is 11.7. The fraction of sp³-hybridized carbons (Fsp3) is 0.857. The smallest absolute Gasteiger partial charge is 0.310 e. The zero-order valence-electron chi connectivity index (χ0n) is 13.0. The third kappa shape index (κ3) is 4.67. The molecule has 0 aliphatic carbocycles. The third-order valence-corrected chi connectivity index (χ3v) is 3.45. The normalized spacial score (nSPS) is 23.0. The van der Waals surface area contributed by atoms with Gasteiger partial charge in [0.25, 0.3) is 0 Å². The molecule has 1 rings (SSSR count). The van der Waals surface area contributed by atoms with Crippen LogP contribution in [0.25, 0.3) is 0 Å². The number of carbonyl (C=O) groups is 1. The largest absolute Gasteiger partial charge is 0.469 e. The first kappa shape index (κ1) is 16.8. The second-order valence-corrected chi connectivity index (χ2v) is 4.94. The van der Waals surface area contributed by atoms with Crippen molar-refractivity contribution in [3.63, 3.8) is 0 Å². The molecule has 2 atom stereocenters. The Morgan fingerprint density at radius 3 is 2.75 bits per heavy atom. The molecule has 0 radical (unpaired) electrons. The maximum Gasteiger partial charge on any atom is 0.310 e. The van der Waals surface area contributed by atoms with Crippen LogP contribution in [0.1, 0.15) is 20.8 Å². The monoisotopic (exact) mass is 285 g/mol. The predicted molar refractivity (Wildman–Crippen MR) is 78.7 cm³/mol. The Bertz CT molecular complexity index is 334. The van der Waals surface area contributed by atoms with Crippen LogP contribution >= 0.6 is 0 Å². The van der Waals surface area contributed by atoms with Crippen LogP contribution in [0.4, 0.5) is 0 Å². The fourth-order valence-corrected chi connectivity index (χ4v) is 2.38. The molecule has 1 heterocycles. The number of esters is 1. The molecule has 1 N–H and O–H groups in total. The minimum atomic E-state index is -0.134. The van der Waals surface area contributed by atoms with Crippen molar-refractivity contribution in [1.82, 2.24) is 10.2 Å². The van der Waals surface area contributed by atoms with E-state index < -0.39 is 0 Å². The quantitative estimate of drug-likeness (QED) is 0.337. The van der Waals surface area contributed by atoms with Crippen molar-refractivity contribution in [1.29, 1.82) is 0 Å². The van der Waals surface area contributed by atoms with Crippen LogP contribution in [0, 0.1) is 11.8 Å². The van der Waals surface area contributed by atoms with Crippen molar-refractivity contribution >= 4 is 11.9 Å². The molecule has 1 aliphatic heterocycles. The van der Waals surface area contributed by atoms with E-state index in [0.717, 1.165) is 19.0 Å². The number of guanidine groups is 1. The lowest BCUT2D eigenvalue weighted by molar-refractivity contribution is -0.145. The highest BCUT2D eigenvalue weighted by Gasteiger charge is 2.36. The van der Waals surface area contributed by atoms with Gasteiger partial charge in [0.15, 0.2) is 5.96 Å². The minimum absolute atomic E-state index is 0.0734. The molecule has 0 spiro atoms. The Morgan fingerprint density at radius 1 is 1.40 bits per heavy atom. The number of nitrogens with one attached hydrogen (secondary N) is 1. The zero-order valence-corrected chi connectivity index (χ0v) is 13.0. The van der Waals surface area contributed by atoms with Gasteiger partial charge >= 0.3 is 5.97 Å². The third-order valence-electron chi connectivity index (χ3n) is 3.45. The zero-order chi connectivity index (χ0) is 15.0. The van der Waals surface area contributed by atoms with Crippen LogP contribution in [0.15, 0.2) is 4.99 Å². The Hall–Kier alpha value is -1.30. The van der Waals surface area contributed by atoms with Gasteiger partial charge in [0.05, 0.1) is 26.2 Å². The summed E-state index contributed by atoms with van der Waals surface area (Å²) in [5, 5.41) is 3.27. The molecule has 0 amide bonds. The SMILES string of the molecule is CCNC(=NCCOCC)N1CC(C)C(C(=O)OC)C1. The van der Waals surface area contributed by atoms with Gasteiger partial charge < -0.3 is 19.7 Å². The summed E-state index contributed by atoms with van der Waals surface area (Å²) in [6, 6.07) is 0. The van der Waals surface area contributed by atoms with Crippen LogP contribution in [0.3, 0.4) is 0 Å². The van der Waals surface area contributed by atoms with E-state index in [-0.39, 0.29) is 17.8 Å². The van der Waals surface area contributed by atoms with Gasteiger partial charge in [0, 0.05) is 26.2 Å². The first-order valence-corrected chi connectivity index (χ1v) is 7.32. The average molecular weight is 285 g/mol. The van der Waals surface area contributed by atoms with E-state index in [1.165, 1.54) is 7.11 Å². The second kappa shape index (κ2) is 8.79. The Kier molecular flexibility index (Phi) is 7.36. The topological polar surface area (TPSA) is 63.2 Å². The van der Waals surface area contributed by atoms with Gasteiger partial charge in [0.2, 0.25) is 0 Å². The van der Waals surface area contributed by atoms with Gasteiger partial charge in [-0.2, -0.15) is 0 Å². The lowest BCUT2D eigenvalue weighted by Gasteiger charge is -2.21. The Balaban J connectivity index is 2.61. The van der Waals surface area contributed by atoms with Crippen molar-refractivity contribution in [3.05, 3.63) is 0 Å². The van der Waals surface area contributed by atoms with Crippen molar-refractivity contribution in [2.24, 2.45) is 16.8 Å². The standard InChI is InChI=1S/C14H27N3O3/c1-5-15-14(16-7-8-20-6-2)17-9-11(3)12(10-17)13(18)19-4/h11-12H,5-10H2,1-4H3,(H,15,16). The molecular formula is C14H27N3O3. The van der Waals surface area contributed by atoms with E-state index in [1.807, 2.05) is 13.8 Å². The number of nitrogens with zero attached hydrogens (tertiary/aromatic N) is 2. The van der Waals surface area contributed by atoms with Crippen molar-refractivity contribution < 1.29 is 14.3 Å². The number of hydrogen-bond acceptors (Lipinski definition) is 4. The lowest BCUT2D eigenvalue weighted by Crippen LogP contribution is -2.40. The highest BCUT2D eigenvalue weighted by molar-refractivity contribution is 5.82. The van der Waals surface area contributed by atoms with E-state index in [9.17, 15) is 4.79 Å². The summed E-state index contributed by atoms with van der Waals surface area (Å²) < 4.78 is 10.2. The molecule has 0 saturated carbocycles. The van der Waals surface area contributed by atoms with Gasteiger partial charge in [-0.1, -0.05) is 6.92 Å². The van der Waals surface area contributed by atoms with E-state index in [4.69, 9.17) is 9.47 Å². The first-order chi connectivity index (χ1) is 9.63. The molecule has 0 aromatic rings. The lowest BCUT2D eigenvalue weighted by atomic mass is 9.99. The molecule has 1 fully saturated rings. The molecule has 116 valence electrons. The number of hydrogen-bond donors (Lipinski definition) is 1. The first-order valence-electron chi connectivity index (χ1n) is 7.32. The molecule has 0 aromatic heterocycles. The summed E-state index contributed by atoms with van der Waals surface area (Å²) in [4.78, 5) is 18.4. The number of methoxy groups -OCH3 is 1. The molecule has 2 unspecified atom stereocenters.